The van der Waals surface area contributed by atoms with Gasteiger partial charge in [-0.25, -0.2) is 8.78 Å². The molecule has 0 aliphatic rings. The van der Waals surface area contributed by atoms with E-state index in [2.05, 4.69) is 21.2 Å². The standard InChI is InChI=1S/C12H16BrF2NO3/c13-9-1-3-11(4-2-9)19-6-10(18)5-16-7-12(14,15)8-17/h1-4,10,16-18H,5-8H2. The third kappa shape index (κ3) is 6.81. The van der Waals surface area contributed by atoms with Gasteiger partial charge in [0.05, 0.1) is 6.54 Å². The van der Waals surface area contributed by atoms with Crippen LogP contribution in [0.5, 0.6) is 5.75 Å². The molecule has 0 radical (unpaired) electrons. The molecule has 1 atom stereocenters. The van der Waals surface area contributed by atoms with Crippen molar-refractivity contribution in [1.29, 1.82) is 0 Å². The van der Waals surface area contributed by atoms with Gasteiger partial charge in [0.25, 0.3) is 5.92 Å². The fourth-order valence-corrected chi connectivity index (χ4v) is 1.52. The lowest BCUT2D eigenvalue weighted by atomic mass is 10.3. The second-order valence-electron chi connectivity index (χ2n) is 4.06. The molecule has 0 bridgehead atoms. The zero-order chi connectivity index (χ0) is 14.3. The molecule has 0 spiro atoms. The Morgan fingerprint density at radius 3 is 2.53 bits per heavy atom. The topological polar surface area (TPSA) is 61.7 Å². The van der Waals surface area contributed by atoms with Crippen molar-refractivity contribution in [3.05, 3.63) is 28.7 Å². The van der Waals surface area contributed by atoms with Gasteiger partial charge in [0.15, 0.2) is 0 Å². The van der Waals surface area contributed by atoms with Crippen LogP contribution in [-0.4, -0.2) is 48.5 Å². The second kappa shape index (κ2) is 7.74. The summed E-state index contributed by atoms with van der Waals surface area (Å²) < 4.78 is 31.5. The van der Waals surface area contributed by atoms with Gasteiger partial charge in [0.1, 0.15) is 25.1 Å². The Hall–Kier alpha value is -0.760. The van der Waals surface area contributed by atoms with Gasteiger partial charge in [0.2, 0.25) is 0 Å². The van der Waals surface area contributed by atoms with Crippen LogP contribution < -0.4 is 10.1 Å². The van der Waals surface area contributed by atoms with Crippen LogP contribution in [-0.2, 0) is 0 Å². The van der Waals surface area contributed by atoms with E-state index in [1.54, 1.807) is 24.3 Å². The van der Waals surface area contributed by atoms with Gasteiger partial charge in [0, 0.05) is 11.0 Å². The van der Waals surface area contributed by atoms with E-state index in [1.165, 1.54) is 0 Å². The molecule has 108 valence electrons. The number of nitrogens with one attached hydrogen (secondary N) is 1. The SMILES string of the molecule is OCC(F)(F)CNCC(O)COc1ccc(Br)cc1. The third-order valence-corrected chi connectivity index (χ3v) is 2.78. The Labute approximate surface area is 118 Å². The molecule has 1 rings (SSSR count). The summed E-state index contributed by atoms with van der Waals surface area (Å²) in [6, 6.07) is 7.04. The van der Waals surface area contributed by atoms with Crippen LogP contribution in [0.2, 0.25) is 0 Å². The Morgan fingerprint density at radius 1 is 1.32 bits per heavy atom. The number of aliphatic hydroxyl groups is 2. The minimum Gasteiger partial charge on any atom is -0.491 e. The van der Waals surface area contributed by atoms with Gasteiger partial charge in [-0.3, -0.25) is 0 Å². The Bertz CT molecular complexity index is 376. The molecule has 0 saturated heterocycles. The summed E-state index contributed by atoms with van der Waals surface area (Å²) in [5.74, 6) is -2.59. The maximum atomic E-state index is 12.7. The van der Waals surface area contributed by atoms with E-state index in [0.29, 0.717) is 5.75 Å². The van der Waals surface area contributed by atoms with Crippen molar-refractivity contribution in [1.82, 2.24) is 5.32 Å². The zero-order valence-corrected chi connectivity index (χ0v) is 11.7. The number of aliphatic hydroxyl groups excluding tert-OH is 2. The summed E-state index contributed by atoms with van der Waals surface area (Å²) in [6.45, 7) is -1.93. The monoisotopic (exact) mass is 339 g/mol. The van der Waals surface area contributed by atoms with E-state index >= 15 is 0 Å². The molecule has 4 nitrogen and oxygen atoms in total. The third-order valence-electron chi connectivity index (χ3n) is 2.25. The number of alkyl halides is 2. The Balaban J connectivity index is 2.21. The second-order valence-corrected chi connectivity index (χ2v) is 4.98. The van der Waals surface area contributed by atoms with E-state index in [9.17, 15) is 13.9 Å². The van der Waals surface area contributed by atoms with Crippen molar-refractivity contribution >= 4 is 15.9 Å². The maximum Gasteiger partial charge on any atom is 0.282 e. The molecule has 1 aromatic carbocycles. The normalized spacial score (nSPS) is 13.3. The lowest BCUT2D eigenvalue weighted by molar-refractivity contribution is -0.0493. The average molecular weight is 340 g/mol. The minimum absolute atomic E-state index is 0.000666. The Kier molecular flexibility index (Phi) is 6.64. The summed E-state index contributed by atoms with van der Waals surface area (Å²) in [5.41, 5.74) is 0. The van der Waals surface area contributed by atoms with Crippen LogP contribution in [0, 0.1) is 0 Å². The first kappa shape index (κ1) is 16.3. The fraction of sp³-hybridized carbons (Fsp3) is 0.500. The quantitative estimate of drug-likeness (QED) is 0.670. The molecule has 0 aromatic heterocycles. The van der Waals surface area contributed by atoms with Crippen molar-refractivity contribution in [2.45, 2.75) is 12.0 Å². The van der Waals surface area contributed by atoms with Gasteiger partial charge in [-0.05, 0) is 24.3 Å². The van der Waals surface area contributed by atoms with Crippen LogP contribution in [0.3, 0.4) is 0 Å². The molecule has 19 heavy (non-hydrogen) atoms. The molecule has 0 aliphatic carbocycles. The lowest BCUT2D eigenvalue weighted by Gasteiger charge is -2.17. The van der Waals surface area contributed by atoms with E-state index in [4.69, 9.17) is 9.84 Å². The average Bonchev–Trinajstić information content (AvgIpc) is 2.38. The van der Waals surface area contributed by atoms with Crippen LogP contribution in [0.1, 0.15) is 0 Å². The van der Waals surface area contributed by atoms with E-state index in [-0.39, 0.29) is 13.2 Å². The summed E-state index contributed by atoms with van der Waals surface area (Å²) in [5, 5.41) is 20.3. The number of halogens is 3. The van der Waals surface area contributed by atoms with Crippen LogP contribution in [0.15, 0.2) is 28.7 Å². The molecule has 0 heterocycles. The highest BCUT2D eigenvalue weighted by atomic mass is 79.9. The molecule has 3 N–H and O–H groups in total. The summed E-state index contributed by atoms with van der Waals surface area (Å²) in [4.78, 5) is 0. The fourth-order valence-electron chi connectivity index (χ4n) is 1.26. The van der Waals surface area contributed by atoms with Crippen LogP contribution in [0.25, 0.3) is 0 Å². The van der Waals surface area contributed by atoms with Crippen molar-refractivity contribution in [3.63, 3.8) is 0 Å². The predicted octanol–water partition coefficient (Wildman–Crippen LogP) is 1.41. The number of ether oxygens (including phenoxy) is 1. The first-order valence-electron chi connectivity index (χ1n) is 5.69. The molecule has 1 unspecified atom stereocenters. The molecule has 1 aromatic rings. The van der Waals surface area contributed by atoms with Gasteiger partial charge < -0.3 is 20.3 Å². The van der Waals surface area contributed by atoms with Gasteiger partial charge in [-0.15, -0.1) is 0 Å². The summed E-state index contributed by atoms with van der Waals surface area (Å²) in [6.07, 6.45) is -0.905. The molecule has 0 fully saturated rings. The Morgan fingerprint density at radius 2 is 1.95 bits per heavy atom. The number of hydrogen-bond acceptors (Lipinski definition) is 4. The van der Waals surface area contributed by atoms with Gasteiger partial charge in [-0.1, -0.05) is 15.9 Å². The predicted molar refractivity (Wildman–Crippen MR) is 70.5 cm³/mol. The smallest absolute Gasteiger partial charge is 0.282 e. The molecule has 0 amide bonds. The molecule has 0 saturated carbocycles. The van der Waals surface area contributed by atoms with Crippen molar-refractivity contribution in [2.24, 2.45) is 0 Å². The largest absolute Gasteiger partial charge is 0.491 e. The van der Waals surface area contributed by atoms with Crippen molar-refractivity contribution in [3.8, 4) is 5.75 Å². The first-order valence-corrected chi connectivity index (χ1v) is 6.48. The van der Waals surface area contributed by atoms with E-state index < -0.39 is 25.2 Å². The zero-order valence-electron chi connectivity index (χ0n) is 10.2. The highest BCUT2D eigenvalue weighted by Crippen LogP contribution is 2.16. The summed E-state index contributed by atoms with van der Waals surface area (Å²) in [7, 11) is 0. The lowest BCUT2D eigenvalue weighted by Crippen LogP contribution is -2.40. The first-order chi connectivity index (χ1) is 8.93. The molecule has 7 heteroatoms. The molecular weight excluding hydrogens is 324 g/mol. The highest BCUT2D eigenvalue weighted by molar-refractivity contribution is 9.10. The maximum absolute atomic E-state index is 12.7. The number of benzene rings is 1. The van der Waals surface area contributed by atoms with E-state index in [0.717, 1.165) is 4.47 Å². The molecule has 0 aliphatic heterocycles. The minimum atomic E-state index is -3.17. The van der Waals surface area contributed by atoms with Crippen LogP contribution >= 0.6 is 15.9 Å². The highest BCUT2D eigenvalue weighted by Gasteiger charge is 2.27. The number of hydrogen-bond donors (Lipinski definition) is 3. The number of rotatable bonds is 8. The van der Waals surface area contributed by atoms with Gasteiger partial charge in [-0.2, -0.15) is 0 Å². The molecular formula is C12H16BrF2NO3. The van der Waals surface area contributed by atoms with E-state index in [1.807, 2.05) is 0 Å². The summed E-state index contributed by atoms with van der Waals surface area (Å²) >= 11 is 3.28. The van der Waals surface area contributed by atoms with Crippen LogP contribution in [0.4, 0.5) is 8.78 Å². The van der Waals surface area contributed by atoms with Gasteiger partial charge >= 0.3 is 0 Å². The van der Waals surface area contributed by atoms with Crippen molar-refractivity contribution < 1.29 is 23.7 Å². The van der Waals surface area contributed by atoms with Crippen molar-refractivity contribution in [2.75, 3.05) is 26.3 Å².